The number of aryl methyl sites for hydroxylation is 2. The molecule has 4 heteroatoms. The number of nitriles is 1. The van der Waals surface area contributed by atoms with E-state index in [-0.39, 0.29) is 11.5 Å². The summed E-state index contributed by atoms with van der Waals surface area (Å²) in [5.74, 6) is -0.385. The van der Waals surface area contributed by atoms with Gasteiger partial charge in [0.1, 0.15) is 11.6 Å². The molecule has 0 bridgehead atoms. The maximum Gasteiger partial charge on any atom is 0.266 e. The number of anilines is 1. The molecule has 0 radical (unpaired) electrons. The first-order valence-corrected chi connectivity index (χ1v) is 8.68. The fourth-order valence-electron chi connectivity index (χ4n) is 2.48. The van der Waals surface area contributed by atoms with Crippen molar-refractivity contribution in [2.45, 2.75) is 26.7 Å². The molecule has 3 nitrogen and oxygen atoms in total. The van der Waals surface area contributed by atoms with Crippen LogP contribution in [0.5, 0.6) is 0 Å². The van der Waals surface area contributed by atoms with E-state index >= 15 is 0 Å². The van der Waals surface area contributed by atoms with Crippen LogP contribution in [0.1, 0.15) is 30.5 Å². The molecule has 2 aromatic carbocycles. The first-order chi connectivity index (χ1) is 11.6. The van der Waals surface area contributed by atoms with Crippen LogP contribution in [0.25, 0.3) is 6.08 Å². The second kappa shape index (κ2) is 8.47. The lowest BCUT2D eigenvalue weighted by Gasteiger charge is -2.14. The van der Waals surface area contributed by atoms with E-state index in [1.54, 1.807) is 6.08 Å². The number of halogens is 1. The average molecular weight is 383 g/mol. The highest BCUT2D eigenvalue weighted by molar-refractivity contribution is 9.10. The molecule has 0 saturated carbocycles. The van der Waals surface area contributed by atoms with E-state index in [9.17, 15) is 10.1 Å². The van der Waals surface area contributed by atoms with Crippen LogP contribution in [0, 0.1) is 11.3 Å². The van der Waals surface area contributed by atoms with Crippen LogP contribution in [0.3, 0.4) is 0 Å². The van der Waals surface area contributed by atoms with Crippen molar-refractivity contribution in [3.63, 3.8) is 0 Å². The van der Waals surface area contributed by atoms with Crippen LogP contribution in [0.15, 0.2) is 52.5 Å². The zero-order valence-corrected chi connectivity index (χ0v) is 15.4. The van der Waals surface area contributed by atoms with E-state index in [0.717, 1.165) is 39.7 Å². The molecule has 0 aromatic heterocycles. The number of amides is 1. The fraction of sp³-hybridized carbons (Fsp3) is 0.200. The summed E-state index contributed by atoms with van der Waals surface area (Å²) in [5.41, 5.74) is 3.83. The van der Waals surface area contributed by atoms with Gasteiger partial charge in [0, 0.05) is 10.2 Å². The van der Waals surface area contributed by atoms with Gasteiger partial charge in [-0.25, -0.2) is 0 Å². The van der Waals surface area contributed by atoms with Gasteiger partial charge in [0.15, 0.2) is 0 Å². The summed E-state index contributed by atoms with van der Waals surface area (Å²) in [7, 11) is 0. The van der Waals surface area contributed by atoms with E-state index in [1.807, 2.05) is 62.4 Å². The van der Waals surface area contributed by atoms with Gasteiger partial charge in [-0.1, -0.05) is 66.2 Å². The molecule has 24 heavy (non-hydrogen) atoms. The zero-order valence-electron chi connectivity index (χ0n) is 13.8. The molecule has 0 unspecified atom stereocenters. The Morgan fingerprint density at radius 2 is 1.75 bits per heavy atom. The van der Waals surface area contributed by atoms with Gasteiger partial charge >= 0.3 is 0 Å². The molecule has 0 aliphatic heterocycles. The normalized spacial score (nSPS) is 11.0. The summed E-state index contributed by atoms with van der Waals surface area (Å²) < 4.78 is 0.841. The number of nitrogens with one attached hydrogen (secondary N) is 1. The van der Waals surface area contributed by atoms with Crippen LogP contribution in [-0.4, -0.2) is 5.91 Å². The summed E-state index contributed by atoms with van der Waals surface area (Å²) in [6.45, 7) is 4.10. The fourth-order valence-corrected chi connectivity index (χ4v) is 2.88. The zero-order chi connectivity index (χ0) is 17.5. The minimum absolute atomic E-state index is 0.0786. The maximum absolute atomic E-state index is 12.6. The summed E-state index contributed by atoms with van der Waals surface area (Å²) in [4.78, 5) is 12.6. The minimum Gasteiger partial charge on any atom is -0.321 e. The van der Waals surface area contributed by atoms with Gasteiger partial charge in [-0.15, -0.1) is 0 Å². The Morgan fingerprint density at radius 1 is 1.12 bits per heavy atom. The number of para-hydroxylation sites is 1. The molecular formula is C20H19BrN2O. The second-order valence-corrected chi connectivity index (χ2v) is 6.16. The van der Waals surface area contributed by atoms with E-state index in [1.165, 1.54) is 0 Å². The van der Waals surface area contributed by atoms with Crippen molar-refractivity contribution in [3.05, 3.63) is 69.2 Å². The number of hydrogen-bond acceptors (Lipinski definition) is 2. The Morgan fingerprint density at radius 3 is 2.29 bits per heavy atom. The molecule has 1 N–H and O–H groups in total. The minimum atomic E-state index is -0.385. The second-order valence-electron chi connectivity index (χ2n) is 5.30. The van der Waals surface area contributed by atoms with Crippen LogP contribution < -0.4 is 5.32 Å². The molecule has 0 saturated heterocycles. The predicted molar refractivity (Wildman–Crippen MR) is 102 cm³/mol. The summed E-state index contributed by atoms with van der Waals surface area (Å²) in [5, 5.41) is 12.3. The molecule has 0 fully saturated rings. The molecule has 0 atom stereocenters. The van der Waals surface area contributed by atoms with E-state index in [0.29, 0.717) is 0 Å². The van der Waals surface area contributed by atoms with E-state index in [2.05, 4.69) is 21.2 Å². The molecule has 2 aromatic rings. The third-order valence-corrected chi connectivity index (χ3v) is 4.53. The smallest absolute Gasteiger partial charge is 0.266 e. The Hall–Kier alpha value is -2.38. The van der Waals surface area contributed by atoms with E-state index < -0.39 is 0 Å². The Kier molecular flexibility index (Phi) is 6.34. The van der Waals surface area contributed by atoms with Gasteiger partial charge in [0.2, 0.25) is 0 Å². The Balaban J connectivity index is 2.35. The number of hydrogen-bond donors (Lipinski definition) is 1. The first-order valence-electron chi connectivity index (χ1n) is 7.89. The molecular weight excluding hydrogens is 364 g/mol. The third-order valence-electron chi connectivity index (χ3n) is 3.81. The lowest BCUT2D eigenvalue weighted by molar-refractivity contribution is -0.112. The lowest BCUT2D eigenvalue weighted by Crippen LogP contribution is -2.16. The van der Waals surface area contributed by atoms with Crippen molar-refractivity contribution in [3.8, 4) is 6.07 Å². The highest BCUT2D eigenvalue weighted by Gasteiger charge is 2.14. The van der Waals surface area contributed by atoms with Gasteiger partial charge in [-0.05, 0) is 41.7 Å². The van der Waals surface area contributed by atoms with Crippen LogP contribution in [0.2, 0.25) is 0 Å². The molecule has 0 heterocycles. The summed E-state index contributed by atoms with van der Waals surface area (Å²) in [6.07, 6.45) is 3.23. The van der Waals surface area contributed by atoms with Crippen molar-refractivity contribution in [1.29, 1.82) is 5.26 Å². The number of rotatable bonds is 5. The summed E-state index contributed by atoms with van der Waals surface area (Å²) >= 11 is 3.43. The summed E-state index contributed by atoms with van der Waals surface area (Å²) in [6, 6.07) is 15.5. The van der Waals surface area contributed by atoms with E-state index in [4.69, 9.17) is 0 Å². The number of benzene rings is 2. The topological polar surface area (TPSA) is 52.9 Å². The first kappa shape index (κ1) is 18.0. The van der Waals surface area contributed by atoms with Gasteiger partial charge in [-0.2, -0.15) is 5.26 Å². The Labute approximate surface area is 151 Å². The standard InChI is InChI=1S/C20H19BrN2O/c1-3-14-9-7-10-15(4-2)19(14)23-20(24)17(13-22)12-16-8-5-6-11-18(16)21/h5-12H,3-4H2,1-2H3,(H,23,24). The van der Waals surface area contributed by atoms with Gasteiger partial charge in [0.25, 0.3) is 5.91 Å². The highest BCUT2D eigenvalue weighted by atomic mass is 79.9. The largest absolute Gasteiger partial charge is 0.321 e. The van der Waals surface area contributed by atoms with Gasteiger partial charge < -0.3 is 5.32 Å². The predicted octanol–water partition coefficient (Wildman–Crippen LogP) is 5.12. The average Bonchev–Trinajstić information content (AvgIpc) is 2.61. The van der Waals surface area contributed by atoms with Crippen molar-refractivity contribution < 1.29 is 4.79 Å². The van der Waals surface area contributed by atoms with Crippen molar-refractivity contribution in [2.24, 2.45) is 0 Å². The lowest BCUT2D eigenvalue weighted by atomic mass is 10.0. The Bertz CT molecular complexity index is 796. The van der Waals surface area contributed by atoms with Crippen molar-refractivity contribution >= 4 is 33.6 Å². The molecule has 122 valence electrons. The van der Waals surface area contributed by atoms with Crippen molar-refractivity contribution in [1.82, 2.24) is 0 Å². The molecule has 2 rings (SSSR count). The van der Waals surface area contributed by atoms with Crippen LogP contribution in [-0.2, 0) is 17.6 Å². The number of carbonyl (C=O) groups excluding carboxylic acids is 1. The number of carbonyl (C=O) groups is 1. The van der Waals surface area contributed by atoms with Gasteiger partial charge in [-0.3, -0.25) is 4.79 Å². The molecule has 0 aliphatic rings. The third kappa shape index (κ3) is 4.12. The molecule has 0 spiro atoms. The van der Waals surface area contributed by atoms with Crippen LogP contribution in [0.4, 0.5) is 5.69 Å². The maximum atomic E-state index is 12.6. The van der Waals surface area contributed by atoms with Crippen LogP contribution >= 0.6 is 15.9 Å². The number of nitrogens with zero attached hydrogens (tertiary/aromatic N) is 1. The van der Waals surface area contributed by atoms with Gasteiger partial charge in [0.05, 0.1) is 0 Å². The monoisotopic (exact) mass is 382 g/mol. The quantitative estimate of drug-likeness (QED) is 0.576. The SMILES string of the molecule is CCc1cccc(CC)c1NC(=O)C(C#N)=Cc1ccccc1Br. The highest BCUT2D eigenvalue weighted by Crippen LogP contribution is 2.24. The molecule has 0 aliphatic carbocycles. The van der Waals surface area contributed by atoms with Crippen molar-refractivity contribution in [2.75, 3.05) is 5.32 Å². The molecule has 1 amide bonds.